The molecule has 3 aromatic carbocycles. The fourth-order valence-electron chi connectivity index (χ4n) is 5.71. The van der Waals surface area contributed by atoms with Gasteiger partial charge in [0.25, 0.3) is 0 Å². The maximum absolute atomic E-state index is 12.4. The first-order chi connectivity index (χ1) is 17.8. The zero-order valence-corrected chi connectivity index (χ0v) is 22.0. The van der Waals surface area contributed by atoms with Gasteiger partial charge in [-0.25, -0.2) is 4.79 Å². The molecule has 194 valence electrons. The second-order valence-electron chi connectivity index (χ2n) is 11.3. The first kappa shape index (κ1) is 25.2. The van der Waals surface area contributed by atoms with Crippen molar-refractivity contribution in [3.63, 3.8) is 0 Å². The molecule has 5 rings (SSSR count). The molecule has 0 radical (unpaired) electrons. The van der Waals surface area contributed by atoms with Crippen LogP contribution in [0.1, 0.15) is 74.1 Å². The number of phenolic OH excluding ortho intramolecular Hbond substituents is 1. The van der Waals surface area contributed by atoms with E-state index in [1.807, 2.05) is 26.8 Å². The number of benzene rings is 3. The molecule has 5 nitrogen and oxygen atoms in total. The minimum absolute atomic E-state index is 0.0833. The second-order valence-corrected chi connectivity index (χ2v) is 11.3. The molecule has 1 amide bonds. The Bertz CT molecular complexity index is 1210. The summed E-state index contributed by atoms with van der Waals surface area (Å²) in [6.45, 7) is 6.96. The number of ether oxygens (including phenoxy) is 2. The van der Waals surface area contributed by atoms with Crippen molar-refractivity contribution >= 4 is 6.09 Å². The number of aryl methyl sites for hydroxylation is 1. The predicted molar refractivity (Wildman–Crippen MR) is 145 cm³/mol. The van der Waals surface area contributed by atoms with Gasteiger partial charge in [0.05, 0.1) is 0 Å². The number of aromatic hydroxyl groups is 1. The largest absolute Gasteiger partial charge is 0.508 e. The van der Waals surface area contributed by atoms with Crippen LogP contribution in [0.25, 0.3) is 0 Å². The van der Waals surface area contributed by atoms with Gasteiger partial charge in [-0.05, 0) is 86.1 Å². The average Bonchev–Trinajstić information content (AvgIpc) is 2.88. The quantitative estimate of drug-likeness (QED) is 0.419. The molecule has 1 unspecified atom stereocenters. The summed E-state index contributed by atoms with van der Waals surface area (Å²) in [5.41, 5.74) is 4.65. The first-order valence-corrected chi connectivity index (χ1v) is 13.4. The summed E-state index contributed by atoms with van der Waals surface area (Å²) >= 11 is 0. The maximum atomic E-state index is 12.4. The standard InChI is InChI=1S/C32H37NO4/c1-32(2,3)37-31(35)33-19-17-27(18-20-33)36-26-13-9-23(10-14-26)30-28(22-7-5-4-6-8-22)15-11-24-21-25(34)12-16-29(24)30/h4-10,12-14,16,21,27-28,30,34H,11,15,17-20H2,1-3H3/t28?,30-/m0/s1. The average molecular weight is 500 g/mol. The molecule has 1 saturated heterocycles. The van der Waals surface area contributed by atoms with Crippen molar-refractivity contribution in [3.8, 4) is 11.5 Å². The van der Waals surface area contributed by atoms with Crippen LogP contribution in [0.15, 0.2) is 72.8 Å². The van der Waals surface area contributed by atoms with E-state index in [2.05, 4.69) is 60.7 Å². The molecule has 1 fully saturated rings. The number of carbonyl (C=O) groups is 1. The van der Waals surface area contributed by atoms with Crippen LogP contribution in [0.5, 0.6) is 11.5 Å². The number of hydrogen-bond acceptors (Lipinski definition) is 4. The van der Waals surface area contributed by atoms with E-state index < -0.39 is 5.60 Å². The normalized spacial score (nSPS) is 20.2. The minimum atomic E-state index is -0.481. The zero-order valence-electron chi connectivity index (χ0n) is 22.0. The number of hydrogen-bond donors (Lipinski definition) is 1. The number of phenols is 1. The van der Waals surface area contributed by atoms with Crippen LogP contribution in [0.3, 0.4) is 0 Å². The fraction of sp³-hybridized carbons (Fsp3) is 0.406. The lowest BCUT2D eigenvalue weighted by atomic mass is 9.69. The van der Waals surface area contributed by atoms with Gasteiger partial charge in [-0.2, -0.15) is 0 Å². The molecule has 1 heterocycles. The van der Waals surface area contributed by atoms with Crippen LogP contribution in [0.2, 0.25) is 0 Å². The SMILES string of the molecule is CC(C)(C)OC(=O)N1CCC(Oc2ccc([C@@H]3c4ccc(O)cc4CCC3c3ccccc3)cc2)CC1. The Balaban J connectivity index is 1.29. The fourth-order valence-corrected chi connectivity index (χ4v) is 5.71. The van der Waals surface area contributed by atoms with E-state index in [0.717, 1.165) is 31.4 Å². The third-order valence-electron chi connectivity index (χ3n) is 7.45. The molecule has 3 aromatic rings. The van der Waals surface area contributed by atoms with Crippen molar-refractivity contribution in [2.75, 3.05) is 13.1 Å². The van der Waals surface area contributed by atoms with E-state index in [-0.39, 0.29) is 18.1 Å². The molecule has 5 heteroatoms. The van der Waals surface area contributed by atoms with E-state index >= 15 is 0 Å². The second kappa shape index (κ2) is 10.5. The number of rotatable bonds is 4. The Morgan fingerprint density at radius 3 is 2.27 bits per heavy atom. The summed E-state index contributed by atoms with van der Waals surface area (Å²) in [5.74, 6) is 1.79. The number of nitrogens with zero attached hydrogens (tertiary/aromatic N) is 1. The van der Waals surface area contributed by atoms with Crippen LogP contribution in [-0.2, 0) is 11.2 Å². The van der Waals surface area contributed by atoms with Crippen molar-refractivity contribution in [2.24, 2.45) is 0 Å². The molecule has 0 bridgehead atoms. The molecule has 2 atom stereocenters. The Morgan fingerprint density at radius 1 is 0.892 bits per heavy atom. The van der Waals surface area contributed by atoms with E-state index in [1.165, 1.54) is 22.3 Å². The zero-order chi connectivity index (χ0) is 26.0. The summed E-state index contributed by atoms with van der Waals surface area (Å²) in [6.07, 6.45) is 3.42. The van der Waals surface area contributed by atoms with Gasteiger partial charge >= 0.3 is 6.09 Å². The van der Waals surface area contributed by atoms with Crippen molar-refractivity contribution in [3.05, 3.63) is 95.1 Å². The Kier molecular flexibility index (Phi) is 7.14. The van der Waals surface area contributed by atoms with Crippen LogP contribution < -0.4 is 4.74 Å². The molecule has 0 saturated carbocycles. The van der Waals surface area contributed by atoms with Crippen molar-refractivity contribution in [1.82, 2.24) is 4.90 Å². The van der Waals surface area contributed by atoms with Crippen molar-refractivity contribution in [2.45, 2.75) is 70.0 Å². The highest BCUT2D eigenvalue weighted by molar-refractivity contribution is 5.68. The summed E-state index contributed by atoms with van der Waals surface area (Å²) in [6, 6.07) is 25.1. The third-order valence-corrected chi connectivity index (χ3v) is 7.45. The molecular weight excluding hydrogens is 462 g/mol. The predicted octanol–water partition coefficient (Wildman–Crippen LogP) is 7.03. The van der Waals surface area contributed by atoms with E-state index in [9.17, 15) is 9.90 Å². The van der Waals surface area contributed by atoms with Gasteiger partial charge in [-0.15, -0.1) is 0 Å². The van der Waals surface area contributed by atoms with Gasteiger partial charge in [0, 0.05) is 31.8 Å². The lowest BCUT2D eigenvalue weighted by Crippen LogP contribution is -2.44. The molecule has 2 aliphatic rings. The third kappa shape index (κ3) is 5.93. The number of likely N-dealkylation sites (tertiary alicyclic amines) is 1. The first-order valence-electron chi connectivity index (χ1n) is 13.4. The Hall–Kier alpha value is -3.47. The van der Waals surface area contributed by atoms with Gasteiger partial charge in [-0.3, -0.25) is 0 Å². The van der Waals surface area contributed by atoms with Crippen molar-refractivity contribution in [1.29, 1.82) is 0 Å². The van der Waals surface area contributed by atoms with Gasteiger partial charge in [0.2, 0.25) is 0 Å². The topological polar surface area (TPSA) is 59.0 Å². The summed E-state index contributed by atoms with van der Waals surface area (Å²) < 4.78 is 11.8. The lowest BCUT2D eigenvalue weighted by Gasteiger charge is -2.35. The molecule has 0 spiro atoms. The summed E-state index contributed by atoms with van der Waals surface area (Å²) in [5, 5.41) is 10.1. The van der Waals surface area contributed by atoms with Crippen LogP contribution >= 0.6 is 0 Å². The minimum Gasteiger partial charge on any atom is -0.508 e. The highest BCUT2D eigenvalue weighted by Crippen LogP contribution is 2.47. The number of carbonyl (C=O) groups excluding carboxylic acids is 1. The van der Waals surface area contributed by atoms with E-state index in [1.54, 1.807) is 11.0 Å². The molecule has 0 aromatic heterocycles. The van der Waals surface area contributed by atoms with Gasteiger partial charge in [-0.1, -0.05) is 48.5 Å². The summed E-state index contributed by atoms with van der Waals surface area (Å²) in [7, 11) is 0. The van der Waals surface area contributed by atoms with Gasteiger partial charge in [0.15, 0.2) is 0 Å². The van der Waals surface area contributed by atoms with E-state index in [4.69, 9.17) is 9.47 Å². The van der Waals surface area contributed by atoms with E-state index in [0.29, 0.717) is 24.8 Å². The number of amides is 1. The number of fused-ring (bicyclic) bond motifs is 1. The highest BCUT2D eigenvalue weighted by atomic mass is 16.6. The molecular formula is C32H37NO4. The maximum Gasteiger partial charge on any atom is 0.410 e. The van der Waals surface area contributed by atoms with Crippen LogP contribution in [0.4, 0.5) is 4.79 Å². The number of piperidine rings is 1. The Labute approximate surface area is 220 Å². The van der Waals surface area contributed by atoms with Gasteiger partial charge < -0.3 is 19.5 Å². The van der Waals surface area contributed by atoms with Crippen LogP contribution in [0, 0.1) is 0 Å². The molecule has 1 aliphatic heterocycles. The molecule has 1 aliphatic carbocycles. The van der Waals surface area contributed by atoms with Crippen molar-refractivity contribution < 1.29 is 19.4 Å². The highest BCUT2D eigenvalue weighted by Gasteiger charge is 2.32. The molecule has 37 heavy (non-hydrogen) atoms. The molecule has 1 N–H and O–H groups in total. The summed E-state index contributed by atoms with van der Waals surface area (Å²) in [4.78, 5) is 14.1. The Morgan fingerprint density at radius 2 is 1.59 bits per heavy atom. The lowest BCUT2D eigenvalue weighted by molar-refractivity contribution is 0.0126. The monoisotopic (exact) mass is 499 g/mol. The smallest absolute Gasteiger partial charge is 0.410 e. The van der Waals surface area contributed by atoms with Crippen LogP contribution in [-0.4, -0.2) is 40.9 Å². The van der Waals surface area contributed by atoms with Gasteiger partial charge in [0.1, 0.15) is 23.2 Å².